The minimum atomic E-state index is 0.809. The van der Waals surface area contributed by atoms with Crippen molar-refractivity contribution in [1.29, 1.82) is 0 Å². The fourth-order valence-corrected chi connectivity index (χ4v) is 7.82. The van der Waals surface area contributed by atoms with Crippen molar-refractivity contribution in [3.05, 3.63) is 58.7 Å². The van der Waals surface area contributed by atoms with Crippen LogP contribution < -0.4 is 0 Å². The van der Waals surface area contributed by atoms with E-state index in [1.165, 1.54) is 49.3 Å². The maximum absolute atomic E-state index is 2.58. The first kappa shape index (κ1) is 13.1. The van der Waals surface area contributed by atoms with Crippen molar-refractivity contribution < 1.29 is 0 Å². The fraction of sp³-hybridized carbons (Fsp3) is 0.385. The summed E-state index contributed by atoms with van der Waals surface area (Å²) in [4.78, 5) is 0. The van der Waals surface area contributed by atoms with Crippen LogP contribution in [0.25, 0.3) is 32.3 Å². The van der Waals surface area contributed by atoms with Gasteiger partial charge in [-0.25, -0.2) is 0 Å². The second-order valence-corrected chi connectivity index (χ2v) is 9.44. The summed E-state index contributed by atoms with van der Waals surface area (Å²) in [6, 6.07) is 14.4. The Morgan fingerprint density at radius 2 is 1.31 bits per heavy atom. The van der Waals surface area contributed by atoms with Gasteiger partial charge in [0.15, 0.2) is 0 Å². The maximum Gasteiger partial charge on any atom is -0.00180 e. The van der Waals surface area contributed by atoms with E-state index in [1.54, 1.807) is 32.7 Å². The lowest BCUT2D eigenvalue weighted by molar-refractivity contribution is 0.530. The molecule has 4 aliphatic rings. The molecule has 2 saturated carbocycles. The smallest absolute Gasteiger partial charge is 0.00180 e. The molecule has 4 atom stereocenters. The van der Waals surface area contributed by atoms with Crippen LogP contribution >= 0.6 is 0 Å². The molecule has 2 fully saturated rings. The van der Waals surface area contributed by atoms with Gasteiger partial charge in [-0.1, -0.05) is 49.2 Å². The largest absolute Gasteiger partial charge is 0.0610 e. The van der Waals surface area contributed by atoms with E-state index in [-0.39, 0.29) is 0 Å². The summed E-state index contributed by atoms with van der Waals surface area (Å²) in [5.74, 6) is 3.41. The van der Waals surface area contributed by atoms with Crippen molar-refractivity contribution in [2.45, 2.75) is 62.2 Å². The number of hydrogen-bond donors (Lipinski definition) is 0. The molecule has 0 aromatic heterocycles. The summed E-state index contributed by atoms with van der Waals surface area (Å²) in [5, 5.41) is 9.44. The Hall–Kier alpha value is -2.08. The van der Waals surface area contributed by atoms with Gasteiger partial charge in [0, 0.05) is 0 Å². The number of fused-ring (bicyclic) bond motifs is 9. The number of rotatable bonds is 0. The van der Waals surface area contributed by atoms with Gasteiger partial charge < -0.3 is 0 Å². The Labute approximate surface area is 153 Å². The van der Waals surface area contributed by atoms with Crippen molar-refractivity contribution in [3.8, 4) is 0 Å². The zero-order chi connectivity index (χ0) is 16.6. The molecule has 26 heavy (non-hydrogen) atoms. The lowest BCUT2D eigenvalue weighted by atomic mass is 9.64. The molecule has 0 nitrogen and oxygen atoms in total. The average Bonchev–Trinajstić information content (AvgIpc) is 3.35. The third-order valence-corrected chi connectivity index (χ3v) is 8.61. The minimum absolute atomic E-state index is 0.809. The monoisotopic (exact) mass is 334 g/mol. The molecule has 0 aliphatic heterocycles. The molecule has 4 unspecified atom stereocenters. The summed E-state index contributed by atoms with van der Waals surface area (Å²) in [7, 11) is 0. The topological polar surface area (TPSA) is 0 Å². The quantitative estimate of drug-likeness (QED) is 0.296. The molecule has 0 bridgehead atoms. The number of benzene rings is 4. The molecule has 4 aromatic rings. The Morgan fingerprint density at radius 3 is 2.19 bits per heavy atom. The molecule has 4 aromatic carbocycles. The van der Waals surface area contributed by atoms with E-state index in [1.807, 2.05) is 11.1 Å². The van der Waals surface area contributed by atoms with Crippen molar-refractivity contribution in [3.63, 3.8) is 0 Å². The first-order chi connectivity index (χ1) is 12.9. The fourth-order valence-electron chi connectivity index (χ4n) is 7.82. The Balaban J connectivity index is 1.68. The second-order valence-electron chi connectivity index (χ2n) is 9.44. The van der Waals surface area contributed by atoms with Crippen LogP contribution in [-0.4, -0.2) is 0 Å². The molecule has 4 aliphatic carbocycles. The van der Waals surface area contributed by atoms with Crippen LogP contribution in [-0.2, 0) is 0 Å². The van der Waals surface area contributed by atoms with Crippen LogP contribution in [0.3, 0.4) is 0 Å². The van der Waals surface area contributed by atoms with Crippen molar-refractivity contribution in [2.24, 2.45) is 0 Å². The van der Waals surface area contributed by atoms with Gasteiger partial charge in [0.25, 0.3) is 0 Å². The van der Waals surface area contributed by atoms with Crippen LogP contribution in [0.5, 0.6) is 0 Å². The molecule has 0 spiro atoms. The van der Waals surface area contributed by atoms with Crippen molar-refractivity contribution in [1.82, 2.24) is 0 Å². The highest BCUT2D eigenvalue weighted by molar-refractivity contribution is 6.26. The van der Waals surface area contributed by atoms with Gasteiger partial charge in [-0.2, -0.15) is 0 Å². The molecule has 8 rings (SSSR count). The number of hydrogen-bond acceptors (Lipinski definition) is 0. The summed E-state index contributed by atoms with van der Waals surface area (Å²) in [6.07, 6.45) is 8.59. The van der Waals surface area contributed by atoms with Crippen LogP contribution in [0.4, 0.5) is 0 Å². The molecule has 0 heterocycles. The zero-order valence-electron chi connectivity index (χ0n) is 15.0. The van der Waals surface area contributed by atoms with Gasteiger partial charge in [-0.05, 0) is 104 Å². The van der Waals surface area contributed by atoms with Gasteiger partial charge in [0.1, 0.15) is 0 Å². The van der Waals surface area contributed by atoms with E-state index in [9.17, 15) is 0 Å². The standard InChI is InChI=1S/C26H22/c1-4-13-10-11-19-22-17-8-3-9-18(17)23(22)24-16-7-2-6-15(16)20-12-14(5-1)21(13)25(19)26(20)24/h1,4-5,10-12,15-18H,2-3,6-9H2. The summed E-state index contributed by atoms with van der Waals surface area (Å²) in [5.41, 5.74) is 7.18. The Bertz CT molecular complexity index is 1260. The van der Waals surface area contributed by atoms with Crippen LogP contribution in [0.1, 0.15) is 84.5 Å². The summed E-state index contributed by atoms with van der Waals surface area (Å²) < 4.78 is 0. The van der Waals surface area contributed by atoms with Gasteiger partial charge in [-0.3, -0.25) is 0 Å². The van der Waals surface area contributed by atoms with Crippen LogP contribution in [0.15, 0.2) is 36.4 Å². The van der Waals surface area contributed by atoms with E-state index in [0.29, 0.717) is 0 Å². The van der Waals surface area contributed by atoms with E-state index in [4.69, 9.17) is 0 Å². The van der Waals surface area contributed by atoms with E-state index in [2.05, 4.69) is 36.4 Å². The highest BCUT2D eigenvalue weighted by atomic mass is 14.5. The SMILES string of the molecule is c1cc2ccc3c4c(c5c6c(cc(c1)c2c36)C1CCCC51)C1CCCC41. The van der Waals surface area contributed by atoms with Gasteiger partial charge in [-0.15, -0.1) is 0 Å². The molecule has 0 amide bonds. The molecular weight excluding hydrogens is 312 g/mol. The second kappa shape index (κ2) is 4.09. The predicted molar refractivity (Wildman–Crippen MR) is 109 cm³/mol. The highest BCUT2D eigenvalue weighted by Gasteiger charge is 2.49. The predicted octanol–water partition coefficient (Wildman–Crippen LogP) is 7.31. The minimum Gasteiger partial charge on any atom is -0.0610 e. The first-order valence-corrected chi connectivity index (χ1v) is 10.7. The normalized spacial score (nSPS) is 30.9. The van der Waals surface area contributed by atoms with Crippen LogP contribution in [0.2, 0.25) is 0 Å². The van der Waals surface area contributed by atoms with Gasteiger partial charge in [0.2, 0.25) is 0 Å². The summed E-state index contributed by atoms with van der Waals surface area (Å²) >= 11 is 0. The molecular formula is C26H22. The van der Waals surface area contributed by atoms with E-state index < -0.39 is 0 Å². The molecule has 0 N–H and O–H groups in total. The van der Waals surface area contributed by atoms with Gasteiger partial charge in [0.05, 0.1) is 0 Å². The van der Waals surface area contributed by atoms with Gasteiger partial charge >= 0.3 is 0 Å². The third-order valence-electron chi connectivity index (χ3n) is 8.61. The molecule has 0 radical (unpaired) electrons. The first-order valence-electron chi connectivity index (χ1n) is 10.7. The molecule has 0 saturated heterocycles. The molecule has 0 heteroatoms. The lowest BCUT2D eigenvalue weighted by Gasteiger charge is -2.39. The zero-order valence-corrected chi connectivity index (χ0v) is 15.0. The Morgan fingerprint density at radius 1 is 0.577 bits per heavy atom. The lowest BCUT2D eigenvalue weighted by Crippen LogP contribution is -2.23. The average molecular weight is 334 g/mol. The van der Waals surface area contributed by atoms with Crippen molar-refractivity contribution >= 4 is 32.3 Å². The van der Waals surface area contributed by atoms with Crippen molar-refractivity contribution in [2.75, 3.05) is 0 Å². The highest BCUT2D eigenvalue weighted by Crippen LogP contribution is 2.67. The summed E-state index contributed by atoms with van der Waals surface area (Å²) in [6.45, 7) is 0. The van der Waals surface area contributed by atoms with Crippen LogP contribution in [0, 0.1) is 0 Å². The third kappa shape index (κ3) is 1.21. The van der Waals surface area contributed by atoms with E-state index >= 15 is 0 Å². The van der Waals surface area contributed by atoms with E-state index in [0.717, 1.165) is 23.7 Å². The Kier molecular flexibility index (Phi) is 2.07. The molecule has 126 valence electrons. The maximum atomic E-state index is 2.58.